The van der Waals surface area contributed by atoms with Crippen molar-refractivity contribution >= 4 is 5.97 Å². The number of halogens is 1. The summed E-state index contributed by atoms with van der Waals surface area (Å²) in [6.45, 7) is 1.55. The molecule has 1 rings (SSSR count). The van der Waals surface area contributed by atoms with E-state index in [1.807, 2.05) is 0 Å². The number of carboxylic acids is 1. The van der Waals surface area contributed by atoms with Crippen molar-refractivity contribution in [2.24, 2.45) is 5.73 Å². The minimum Gasteiger partial charge on any atom is -0.478 e. The highest BCUT2D eigenvalue weighted by Crippen LogP contribution is 2.19. The molecule has 0 aromatic heterocycles. The van der Waals surface area contributed by atoms with Gasteiger partial charge in [0, 0.05) is 11.6 Å². The molecule has 3 N–H and O–H groups in total. The largest absolute Gasteiger partial charge is 0.478 e. The summed E-state index contributed by atoms with van der Waals surface area (Å²) < 4.78 is 13.1. The third-order valence-electron chi connectivity index (χ3n) is 1.74. The average Bonchev–Trinajstić information content (AvgIpc) is 2.02. The molecule has 0 radical (unpaired) electrons. The Morgan fingerprint density at radius 3 is 2.62 bits per heavy atom. The second-order valence-electron chi connectivity index (χ2n) is 2.79. The van der Waals surface area contributed by atoms with E-state index in [4.69, 9.17) is 10.8 Å². The maximum Gasteiger partial charge on any atom is 0.336 e. The summed E-state index contributed by atoms with van der Waals surface area (Å²) in [6, 6.07) is 3.27. The zero-order valence-electron chi connectivity index (χ0n) is 7.12. The number of benzene rings is 1. The minimum absolute atomic E-state index is 0.0509. The quantitative estimate of drug-likeness (QED) is 0.731. The van der Waals surface area contributed by atoms with Crippen LogP contribution in [0.2, 0.25) is 0 Å². The van der Waals surface area contributed by atoms with E-state index in [2.05, 4.69) is 0 Å². The molecule has 0 aliphatic heterocycles. The Balaban J connectivity index is 3.34. The highest BCUT2D eigenvalue weighted by atomic mass is 19.1. The van der Waals surface area contributed by atoms with Crippen molar-refractivity contribution in [3.63, 3.8) is 0 Å². The third kappa shape index (κ3) is 1.84. The van der Waals surface area contributed by atoms with Crippen molar-refractivity contribution in [3.05, 3.63) is 35.1 Å². The van der Waals surface area contributed by atoms with Crippen LogP contribution in [0.4, 0.5) is 4.39 Å². The topological polar surface area (TPSA) is 63.3 Å². The lowest BCUT2D eigenvalue weighted by Gasteiger charge is -2.10. The predicted octanol–water partition coefficient (Wildman–Crippen LogP) is 1.54. The summed E-state index contributed by atoms with van der Waals surface area (Å²) >= 11 is 0. The summed E-state index contributed by atoms with van der Waals surface area (Å²) in [4.78, 5) is 10.7. The molecule has 0 amide bonds. The van der Waals surface area contributed by atoms with Crippen LogP contribution in [0.3, 0.4) is 0 Å². The van der Waals surface area contributed by atoms with Gasteiger partial charge in [0.15, 0.2) is 0 Å². The number of nitrogens with two attached hydrogens (primary N) is 1. The Labute approximate surface area is 75.0 Å². The van der Waals surface area contributed by atoms with Gasteiger partial charge in [0.05, 0.1) is 5.56 Å². The van der Waals surface area contributed by atoms with E-state index in [0.29, 0.717) is 0 Å². The number of aromatic carboxylic acids is 1. The molecule has 4 heteroatoms. The van der Waals surface area contributed by atoms with Crippen LogP contribution >= 0.6 is 0 Å². The second kappa shape index (κ2) is 3.53. The van der Waals surface area contributed by atoms with Crippen LogP contribution in [0, 0.1) is 5.82 Å². The van der Waals surface area contributed by atoms with Crippen molar-refractivity contribution in [1.29, 1.82) is 0 Å². The normalized spacial score (nSPS) is 12.5. The van der Waals surface area contributed by atoms with Gasteiger partial charge < -0.3 is 10.8 Å². The van der Waals surface area contributed by atoms with E-state index in [1.54, 1.807) is 6.92 Å². The maximum absolute atomic E-state index is 13.1. The molecule has 3 nitrogen and oxygen atoms in total. The summed E-state index contributed by atoms with van der Waals surface area (Å²) in [7, 11) is 0. The summed E-state index contributed by atoms with van der Waals surface area (Å²) in [5.41, 5.74) is 5.43. The molecule has 0 bridgehead atoms. The van der Waals surface area contributed by atoms with Gasteiger partial charge in [0.25, 0.3) is 0 Å². The van der Waals surface area contributed by atoms with E-state index in [9.17, 15) is 9.18 Å². The molecule has 1 aromatic rings. The molecule has 70 valence electrons. The molecule has 0 heterocycles. The molecule has 0 spiro atoms. The fraction of sp³-hybridized carbons (Fsp3) is 0.222. The number of carbonyl (C=O) groups is 1. The van der Waals surface area contributed by atoms with Gasteiger partial charge in [0.2, 0.25) is 0 Å². The number of rotatable bonds is 2. The fourth-order valence-corrected chi connectivity index (χ4v) is 1.19. The molecule has 0 unspecified atom stereocenters. The van der Waals surface area contributed by atoms with Crippen molar-refractivity contribution in [2.45, 2.75) is 13.0 Å². The highest BCUT2D eigenvalue weighted by Gasteiger charge is 2.16. The lowest BCUT2D eigenvalue weighted by molar-refractivity contribution is 0.0694. The van der Waals surface area contributed by atoms with Gasteiger partial charge in [-0.3, -0.25) is 0 Å². The smallest absolute Gasteiger partial charge is 0.336 e. The van der Waals surface area contributed by atoms with Gasteiger partial charge in [-0.25, -0.2) is 9.18 Å². The van der Waals surface area contributed by atoms with Gasteiger partial charge in [-0.05, 0) is 19.1 Å². The van der Waals surface area contributed by atoms with Crippen molar-refractivity contribution < 1.29 is 14.3 Å². The van der Waals surface area contributed by atoms with E-state index < -0.39 is 17.8 Å². The van der Waals surface area contributed by atoms with E-state index in [0.717, 1.165) is 0 Å². The average molecular weight is 183 g/mol. The molecule has 0 saturated heterocycles. The molecule has 0 aliphatic carbocycles. The van der Waals surface area contributed by atoms with E-state index >= 15 is 0 Å². The van der Waals surface area contributed by atoms with Crippen LogP contribution in [0.25, 0.3) is 0 Å². The molecule has 1 aromatic carbocycles. The van der Waals surface area contributed by atoms with Crippen LogP contribution in [-0.2, 0) is 0 Å². The lowest BCUT2D eigenvalue weighted by atomic mass is 10.0. The summed E-state index contributed by atoms with van der Waals surface area (Å²) in [5, 5.41) is 8.72. The molecular formula is C9H10FNO2. The summed E-state index contributed by atoms with van der Waals surface area (Å²) in [6.07, 6.45) is 0. The lowest BCUT2D eigenvalue weighted by Crippen LogP contribution is -2.13. The Morgan fingerprint density at radius 2 is 2.23 bits per heavy atom. The third-order valence-corrected chi connectivity index (χ3v) is 1.74. The Morgan fingerprint density at radius 1 is 1.62 bits per heavy atom. The van der Waals surface area contributed by atoms with E-state index in [-0.39, 0.29) is 11.1 Å². The van der Waals surface area contributed by atoms with Gasteiger partial charge in [0.1, 0.15) is 5.82 Å². The molecule has 1 atom stereocenters. The monoisotopic (exact) mass is 183 g/mol. The first-order valence-corrected chi connectivity index (χ1v) is 3.81. The van der Waals surface area contributed by atoms with Crippen molar-refractivity contribution in [2.75, 3.05) is 0 Å². The Hall–Kier alpha value is -1.42. The molecular weight excluding hydrogens is 173 g/mol. The maximum atomic E-state index is 13.1. The second-order valence-corrected chi connectivity index (χ2v) is 2.79. The Bertz CT molecular complexity index is 336. The predicted molar refractivity (Wildman–Crippen MR) is 46.0 cm³/mol. The van der Waals surface area contributed by atoms with Crippen LogP contribution in [0.15, 0.2) is 18.2 Å². The van der Waals surface area contributed by atoms with Crippen LogP contribution in [-0.4, -0.2) is 11.1 Å². The van der Waals surface area contributed by atoms with Gasteiger partial charge >= 0.3 is 5.97 Å². The fourth-order valence-electron chi connectivity index (χ4n) is 1.19. The zero-order valence-corrected chi connectivity index (χ0v) is 7.12. The first kappa shape index (κ1) is 9.67. The SMILES string of the molecule is C[C@@H](N)c1c(F)cccc1C(=O)O. The molecule has 0 fully saturated rings. The van der Waals surface area contributed by atoms with Crippen LogP contribution < -0.4 is 5.73 Å². The van der Waals surface area contributed by atoms with E-state index in [1.165, 1.54) is 18.2 Å². The van der Waals surface area contributed by atoms with Gasteiger partial charge in [-0.2, -0.15) is 0 Å². The highest BCUT2D eigenvalue weighted by molar-refractivity contribution is 5.89. The van der Waals surface area contributed by atoms with Crippen molar-refractivity contribution in [1.82, 2.24) is 0 Å². The van der Waals surface area contributed by atoms with Crippen LogP contribution in [0.1, 0.15) is 28.9 Å². The Kier molecular flexibility index (Phi) is 2.63. The number of carboxylic acid groups (broad SMARTS) is 1. The first-order chi connectivity index (χ1) is 6.04. The number of hydrogen-bond acceptors (Lipinski definition) is 2. The molecule has 0 saturated carbocycles. The first-order valence-electron chi connectivity index (χ1n) is 3.81. The molecule has 0 aliphatic rings. The standard InChI is InChI=1S/C9H10FNO2/c1-5(11)8-6(9(12)13)3-2-4-7(8)10/h2-5H,11H2,1H3,(H,12,13)/t5-/m1/s1. The summed E-state index contributed by atoms with van der Waals surface area (Å²) in [5.74, 6) is -1.73. The minimum atomic E-state index is -1.16. The zero-order chi connectivity index (χ0) is 10.0. The van der Waals surface area contributed by atoms with Gasteiger partial charge in [-0.15, -0.1) is 0 Å². The van der Waals surface area contributed by atoms with Gasteiger partial charge in [-0.1, -0.05) is 6.07 Å². The van der Waals surface area contributed by atoms with Crippen molar-refractivity contribution in [3.8, 4) is 0 Å². The molecule has 13 heavy (non-hydrogen) atoms. The number of hydrogen-bond donors (Lipinski definition) is 2. The van der Waals surface area contributed by atoms with Crippen LogP contribution in [0.5, 0.6) is 0 Å².